The summed E-state index contributed by atoms with van der Waals surface area (Å²) in [6.07, 6.45) is -0.692. The average molecular weight is 620 g/mol. The Bertz CT molecular complexity index is 734. The zero-order valence-electron chi connectivity index (χ0n) is 24.1. The summed E-state index contributed by atoms with van der Waals surface area (Å²) in [5.74, 6) is -0.205. The Hall–Kier alpha value is -2.08. The van der Waals surface area contributed by atoms with E-state index < -0.39 is 26.1 Å². The van der Waals surface area contributed by atoms with Crippen molar-refractivity contribution >= 4 is 25.9 Å². The van der Waals surface area contributed by atoms with Gasteiger partial charge in [-0.2, -0.15) is 0 Å². The molecule has 0 spiro atoms. The number of carbonyl (C=O) groups is 3. The van der Waals surface area contributed by atoms with Gasteiger partial charge in [0, 0.05) is 47.4 Å². The Balaban J connectivity index is 4.32. The van der Waals surface area contributed by atoms with Crippen LogP contribution in [0, 0.1) is 0 Å². The molecule has 0 radical (unpaired) electrons. The van der Waals surface area contributed by atoms with Gasteiger partial charge < -0.3 is 48.7 Å². The normalized spacial score (nSPS) is 13.2. The summed E-state index contributed by atoms with van der Waals surface area (Å²) in [6, 6.07) is 0. The molecular weight excluding hydrogens is 573 g/mol. The minimum atomic E-state index is -3.99. The highest BCUT2D eigenvalue weighted by atomic mass is 31.2. The van der Waals surface area contributed by atoms with Crippen LogP contribution in [0.1, 0.15) is 25.7 Å². The van der Waals surface area contributed by atoms with Crippen LogP contribution in [0.4, 0.5) is 9.59 Å². The Labute approximate surface area is 240 Å². The van der Waals surface area contributed by atoms with Crippen LogP contribution >= 0.6 is 7.82 Å². The van der Waals surface area contributed by atoms with Crippen LogP contribution in [-0.2, 0) is 51.6 Å². The number of ether oxygens (including phenoxy) is 7. The molecule has 2 atom stereocenters. The van der Waals surface area contributed by atoms with Crippen molar-refractivity contribution in [3.05, 3.63) is 0 Å². The maximum absolute atomic E-state index is 12.0. The van der Waals surface area contributed by atoms with Gasteiger partial charge in [0.15, 0.2) is 0 Å². The van der Waals surface area contributed by atoms with Gasteiger partial charge in [-0.05, 0) is 19.3 Å². The first-order valence-electron chi connectivity index (χ1n) is 13.1. The minimum Gasteiger partial charge on any atom is -0.447 e. The molecule has 0 saturated carbocycles. The zero-order chi connectivity index (χ0) is 30.6. The van der Waals surface area contributed by atoms with Gasteiger partial charge in [0.25, 0.3) is 0 Å². The molecule has 18 heteroatoms. The Morgan fingerprint density at radius 2 is 1.39 bits per heavy atom. The number of phosphoric ester groups is 1. The fraction of sp³-hybridized carbons (Fsp3) is 0.870. The molecule has 0 aromatic rings. The number of methoxy groups -OCH3 is 2. The molecule has 0 aliphatic carbocycles. The van der Waals surface area contributed by atoms with Crippen molar-refractivity contribution in [2.24, 2.45) is 0 Å². The maximum Gasteiger partial charge on any atom is 0.471 e. The number of phosphoric acid groups is 1. The smallest absolute Gasteiger partial charge is 0.447 e. The van der Waals surface area contributed by atoms with Crippen molar-refractivity contribution in [2.45, 2.75) is 31.8 Å². The maximum atomic E-state index is 12.0. The van der Waals surface area contributed by atoms with Gasteiger partial charge in [0.1, 0.15) is 26.0 Å². The lowest BCUT2D eigenvalue weighted by Gasteiger charge is -2.18. The van der Waals surface area contributed by atoms with Crippen LogP contribution in [0.15, 0.2) is 0 Å². The van der Waals surface area contributed by atoms with Crippen LogP contribution < -0.4 is 16.0 Å². The third kappa shape index (κ3) is 26.6. The van der Waals surface area contributed by atoms with Gasteiger partial charge in [-0.3, -0.25) is 19.2 Å². The number of alkyl carbamates (subject to hydrolysis) is 2. The third-order valence-corrected chi connectivity index (χ3v) is 5.75. The van der Waals surface area contributed by atoms with Crippen molar-refractivity contribution in [1.82, 2.24) is 16.0 Å². The van der Waals surface area contributed by atoms with Gasteiger partial charge in [-0.15, -0.1) is 0 Å². The fourth-order valence-electron chi connectivity index (χ4n) is 2.64. The largest absolute Gasteiger partial charge is 0.471 e. The zero-order valence-corrected chi connectivity index (χ0v) is 25.0. The molecule has 3 amide bonds. The lowest BCUT2D eigenvalue weighted by atomic mass is 10.3. The van der Waals surface area contributed by atoms with E-state index in [0.29, 0.717) is 52.2 Å². The predicted molar refractivity (Wildman–Crippen MR) is 143 cm³/mol. The molecule has 0 aromatic carbocycles. The highest BCUT2D eigenvalue weighted by Gasteiger charge is 2.18. The second kappa shape index (κ2) is 26.8. The molecule has 0 saturated heterocycles. The summed E-state index contributed by atoms with van der Waals surface area (Å²) in [5, 5.41) is 7.66. The fourth-order valence-corrected chi connectivity index (χ4v) is 3.10. The number of nitrogens with one attached hydrogen (secondary N) is 3. The van der Waals surface area contributed by atoms with E-state index in [0.717, 1.165) is 7.11 Å². The van der Waals surface area contributed by atoms with E-state index in [9.17, 15) is 18.9 Å². The molecule has 0 fully saturated rings. The first-order valence-corrected chi connectivity index (χ1v) is 14.6. The lowest BCUT2D eigenvalue weighted by Crippen LogP contribution is -2.35. The lowest BCUT2D eigenvalue weighted by molar-refractivity contribution is -0.121. The number of hydrogen-bond donors (Lipinski definition) is 4. The van der Waals surface area contributed by atoms with Gasteiger partial charge in [-0.1, -0.05) is 0 Å². The molecular formula is C23H46N3O14P. The second-order valence-corrected chi connectivity index (χ2v) is 9.65. The second-order valence-electron chi connectivity index (χ2n) is 8.09. The highest BCUT2D eigenvalue weighted by Crippen LogP contribution is 2.41. The summed E-state index contributed by atoms with van der Waals surface area (Å²) in [4.78, 5) is 45.0. The van der Waals surface area contributed by atoms with E-state index in [2.05, 4.69) is 20.5 Å². The Morgan fingerprint density at radius 3 is 2.05 bits per heavy atom. The molecule has 0 rings (SSSR count). The van der Waals surface area contributed by atoms with Crippen LogP contribution in [0.25, 0.3) is 0 Å². The van der Waals surface area contributed by atoms with E-state index in [4.69, 9.17) is 42.6 Å². The average Bonchev–Trinajstić information content (AvgIpc) is 2.95. The van der Waals surface area contributed by atoms with E-state index in [1.165, 1.54) is 7.11 Å². The van der Waals surface area contributed by atoms with Crippen molar-refractivity contribution in [3.8, 4) is 0 Å². The van der Waals surface area contributed by atoms with Crippen molar-refractivity contribution in [1.29, 1.82) is 0 Å². The van der Waals surface area contributed by atoms with Crippen LogP contribution in [0.2, 0.25) is 0 Å². The number of rotatable bonds is 27. The van der Waals surface area contributed by atoms with Gasteiger partial charge in [0.2, 0.25) is 5.91 Å². The SMILES string of the molecule is COCCOCCNC(=O)OCC(COC(=O)NCOCCOC)OCCCC(=O)NCCCCOP(=O)(O)OC. The Kier molecular flexibility index (Phi) is 25.4. The molecule has 0 bridgehead atoms. The summed E-state index contributed by atoms with van der Waals surface area (Å²) >= 11 is 0. The molecule has 0 aliphatic heterocycles. The first kappa shape index (κ1) is 38.9. The minimum absolute atomic E-state index is 0.0237. The van der Waals surface area contributed by atoms with E-state index in [1.54, 1.807) is 7.11 Å². The van der Waals surface area contributed by atoms with Crippen molar-refractivity contribution in [3.63, 3.8) is 0 Å². The third-order valence-electron chi connectivity index (χ3n) is 4.78. The first-order chi connectivity index (χ1) is 19.7. The number of amides is 3. The Morgan fingerprint density at radius 1 is 0.732 bits per heavy atom. The van der Waals surface area contributed by atoms with Crippen LogP contribution in [-0.4, -0.2) is 130 Å². The quantitative estimate of drug-likeness (QED) is 0.0563. The molecule has 17 nitrogen and oxygen atoms in total. The van der Waals surface area contributed by atoms with E-state index >= 15 is 0 Å². The van der Waals surface area contributed by atoms with Crippen molar-refractivity contribution in [2.75, 3.05) is 101 Å². The molecule has 0 heterocycles. The standard InChI is InChI=1S/C23H46N3O14P/c1-32-13-15-35-12-9-25-22(28)38-17-20(18-39-23(29)26-19-36-16-14-33-2)37-10-6-7-21(27)24-8-4-5-11-40-41(30,31)34-3/h20H,4-19H2,1-3H3,(H,24,27)(H,25,28)(H,26,29)(H,30,31). The van der Waals surface area contributed by atoms with E-state index in [1.807, 2.05) is 0 Å². The molecule has 2 unspecified atom stereocenters. The topological polar surface area (TPSA) is 208 Å². The van der Waals surface area contributed by atoms with Crippen LogP contribution in [0.5, 0.6) is 0 Å². The molecule has 41 heavy (non-hydrogen) atoms. The summed E-state index contributed by atoms with van der Waals surface area (Å²) in [7, 11) is 0.169. The summed E-state index contributed by atoms with van der Waals surface area (Å²) in [6.45, 7) is 2.07. The van der Waals surface area contributed by atoms with Crippen LogP contribution in [0.3, 0.4) is 0 Å². The predicted octanol–water partition coefficient (Wildman–Crippen LogP) is 0.548. The van der Waals surface area contributed by atoms with E-state index in [-0.39, 0.29) is 58.6 Å². The molecule has 0 aromatic heterocycles. The van der Waals surface area contributed by atoms with Gasteiger partial charge in [0.05, 0.1) is 39.6 Å². The number of hydrogen-bond acceptors (Lipinski definition) is 13. The van der Waals surface area contributed by atoms with Crippen molar-refractivity contribution < 1.29 is 66.0 Å². The monoisotopic (exact) mass is 619 g/mol. The molecule has 4 N–H and O–H groups in total. The summed E-state index contributed by atoms with van der Waals surface area (Å²) < 4.78 is 56.2. The van der Waals surface area contributed by atoms with Gasteiger partial charge in [-0.25, -0.2) is 14.2 Å². The molecule has 242 valence electrons. The molecule has 0 aliphatic rings. The van der Waals surface area contributed by atoms with Gasteiger partial charge >= 0.3 is 20.0 Å². The number of carbonyl (C=O) groups excluding carboxylic acids is 3. The summed E-state index contributed by atoms with van der Waals surface area (Å²) in [5.41, 5.74) is 0. The number of unbranched alkanes of at least 4 members (excludes halogenated alkanes) is 1. The highest BCUT2D eigenvalue weighted by molar-refractivity contribution is 7.47.